The number of halogens is 1. The van der Waals surface area contributed by atoms with E-state index in [9.17, 15) is 9.90 Å². The summed E-state index contributed by atoms with van der Waals surface area (Å²) in [7, 11) is 1.90. The van der Waals surface area contributed by atoms with Gasteiger partial charge in [-0.05, 0) is 19.1 Å². The lowest BCUT2D eigenvalue weighted by Gasteiger charge is -2.21. The third-order valence-electron chi connectivity index (χ3n) is 2.84. The van der Waals surface area contributed by atoms with Crippen LogP contribution in [0.3, 0.4) is 0 Å². The fourth-order valence-electron chi connectivity index (χ4n) is 2.04. The highest BCUT2D eigenvalue weighted by Crippen LogP contribution is 2.38. The quantitative estimate of drug-likeness (QED) is 0.826. The summed E-state index contributed by atoms with van der Waals surface area (Å²) < 4.78 is 0. The number of carbonyl (C=O) groups excluding carboxylic acids is 1. The number of aliphatic hydroxyl groups is 1. The molecule has 1 aliphatic rings. The van der Waals surface area contributed by atoms with Gasteiger partial charge in [-0.1, -0.05) is 23.8 Å². The molecule has 0 aromatic heterocycles. The van der Waals surface area contributed by atoms with Gasteiger partial charge < -0.3 is 15.3 Å². The van der Waals surface area contributed by atoms with Gasteiger partial charge in [0.2, 0.25) is 0 Å². The lowest BCUT2D eigenvalue weighted by atomic mass is 10.1. The summed E-state index contributed by atoms with van der Waals surface area (Å²) in [5.74, 6) is -0.416. The first-order chi connectivity index (χ1) is 8.40. The summed E-state index contributed by atoms with van der Waals surface area (Å²) >= 11 is 6.18. The van der Waals surface area contributed by atoms with Crippen molar-refractivity contribution in [3.63, 3.8) is 0 Å². The fraction of sp³-hybridized carbons (Fsp3) is 0.308. The van der Waals surface area contributed by atoms with Crippen LogP contribution in [-0.4, -0.2) is 24.6 Å². The van der Waals surface area contributed by atoms with E-state index >= 15 is 0 Å². The van der Waals surface area contributed by atoms with Gasteiger partial charge in [0.05, 0.1) is 10.7 Å². The lowest BCUT2D eigenvalue weighted by Crippen LogP contribution is -2.19. The first-order valence-electron chi connectivity index (χ1n) is 5.58. The number of fused-ring (bicyclic) bond motifs is 1. The molecule has 4 nitrogen and oxygen atoms in total. The van der Waals surface area contributed by atoms with Crippen LogP contribution in [0.25, 0.3) is 0 Å². The van der Waals surface area contributed by atoms with Crippen LogP contribution in [0.2, 0.25) is 5.02 Å². The summed E-state index contributed by atoms with van der Waals surface area (Å²) in [5.41, 5.74) is 2.95. The number of nitrogens with zero attached hydrogens (tertiary/aromatic N) is 1. The molecule has 0 spiro atoms. The second-order valence-corrected chi connectivity index (χ2v) is 5.00. The molecular weight excluding hydrogens is 252 g/mol. The number of rotatable bonds is 3. The molecule has 1 aliphatic heterocycles. The Hall–Kier alpha value is -1.52. The zero-order chi connectivity index (χ0) is 13.4. The average Bonchev–Trinajstić information content (AvgIpc) is 2.53. The maximum absolute atomic E-state index is 11.4. The normalized spacial score (nSPS) is 17.3. The molecule has 1 heterocycles. The molecular formula is C13H15ClN2O2. The van der Waals surface area contributed by atoms with Crippen molar-refractivity contribution in [2.24, 2.45) is 0 Å². The minimum atomic E-state index is -1.13. The molecule has 2 rings (SSSR count). The minimum Gasteiger partial charge on any atom is -0.378 e. The topological polar surface area (TPSA) is 52.6 Å². The van der Waals surface area contributed by atoms with Crippen molar-refractivity contribution in [3.8, 4) is 0 Å². The Bertz CT molecular complexity index is 528. The van der Waals surface area contributed by atoms with Crippen molar-refractivity contribution < 1.29 is 9.90 Å². The molecule has 1 amide bonds. The Balaban J connectivity index is 2.38. The predicted octanol–water partition coefficient (Wildman–Crippen LogP) is 2.34. The molecule has 1 aromatic rings. The summed E-state index contributed by atoms with van der Waals surface area (Å²) in [6.07, 6.45) is -1.13. The van der Waals surface area contributed by atoms with Crippen LogP contribution in [0.4, 0.5) is 11.4 Å². The Labute approximate surface area is 111 Å². The number of benzene rings is 1. The highest BCUT2D eigenvalue weighted by molar-refractivity contribution is 6.33. The number of amides is 1. The second-order valence-electron chi connectivity index (χ2n) is 4.60. The highest BCUT2D eigenvalue weighted by Gasteiger charge is 2.29. The van der Waals surface area contributed by atoms with Crippen LogP contribution < -0.4 is 10.2 Å². The van der Waals surface area contributed by atoms with Crippen molar-refractivity contribution in [1.82, 2.24) is 0 Å². The van der Waals surface area contributed by atoms with Gasteiger partial charge in [0.1, 0.15) is 0 Å². The van der Waals surface area contributed by atoms with Gasteiger partial charge in [-0.2, -0.15) is 0 Å². The first kappa shape index (κ1) is 12.9. The van der Waals surface area contributed by atoms with Crippen LogP contribution in [0.5, 0.6) is 0 Å². The summed E-state index contributed by atoms with van der Waals surface area (Å²) in [6, 6.07) is 3.40. The van der Waals surface area contributed by atoms with Crippen LogP contribution in [0, 0.1) is 0 Å². The van der Waals surface area contributed by atoms with E-state index in [4.69, 9.17) is 11.6 Å². The molecule has 0 radical (unpaired) electrons. The van der Waals surface area contributed by atoms with Gasteiger partial charge in [-0.25, -0.2) is 0 Å². The van der Waals surface area contributed by atoms with E-state index in [1.54, 1.807) is 12.1 Å². The zero-order valence-corrected chi connectivity index (χ0v) is 11.1. The van der Waals surface area contributed by atoms with Crippen molar-refractivity contribution in [1.29, 1.82) is 0 Å². The van der Waals surface area contributed by atoms with Gasteiger partial charge in [0.25, 0.3) is 5.91 Å². The SMILES string of the molecule is C=C(C)CN(C)c1cc2c(cc1Cl)C(O)C(=O)N2. The van der Waals surface area contributed by atoms with E-state index in [-0.39, 0.29) is 0 Å². The Morgan fingerprint density at radius 3 is 2.89 bits per heavy atom. The average molecular weight is 267 g/mol. The van der Waals surface area contributed by atoms with E-state index in [1.807, 2.05) is 18.9 Å². The lowest BCUT2D eigenvalue weighted by molar-refractivity contribution is -0.123. The highest BCUT2D eigenvalue weighted by atomic mass is 35.5. The predicted molar refractivity (Wildman–Crippen MR) is 73.1 cm³/mol. The van der Waals surface area contributed by atoms with Gasteiger partial charge >= 0.3 is 0 Å². The third-order valence-corrected chi connectivity index (χ3v) is 3.14. The smallest absolute Gasteiger partial charge is 0.257 e. The molecule has 2 N–H and O–H groups in total. The number of likely N-dealkylation sites (N-methyl/N-ethyl adjacent to an activating group) is 1. The number of hydrogen-bond acceptors (Lipinski definition) is 3. The molecule has 96 valence electrons. The Morgan fingerprint density at radius 2 is 2.28 bits per heavy atom. The van der Waals surface area contributed by atoms with Crippen LogP contribution >= 0.6 is 11.6 Å². The van der Waals surface area contributed by atoms with E-state index < -0.39 is 12.0 Å². The summed E-state index contributed by atoms with van der Waals surface area (Å²) in [4.78, 5) is 13.3. The van der Waals surface area contributed by atoms with E-state index in [0.29, 0.717) is 22.8 Å². The molecule has 18 heavy (non-hydrogen) atoms. The number of aliphatic hydroxyl groups excluding tert-OH is 1. The Morgan fingerprint density at radius 1 is 1.61 bits per heavy atom. The van der Waals surface area contributed by atoms with Gasteiger partial charge in [-0.15, -0.1) is 0 Å². The van der Waals surface area contributed by atoms with Crippen molar-refractivity contribution in [3.05, 3.63) is 34.9 Å². The van der Waals surface area contributed by atoms with Crippen molar-refractivity contribution in [2.45, 2.75) is 13.0 Å². The van der Waals surface area contributed by atoms with Crippen LogP contribution in [0.1, 0.15) is 18.6 Å². The molecule has 0 aliphatic carbocycles. The third kappa shape index (κ3) is 2.21. The number of nitrogens with one attached hydrogen (secondary N) is 1. The molecule has 0 saturated heterocycles. The summed E-state index contributed by atoms with van der Waals surface area (Å²) in [6.45, 7) is 6.46. The Kier molecular flexibility index (Phi) is 3.32. The largest absolute Gasteiger partial charge is 0.378 e. The number of carbonyl (C=O) groups is 1. The standard InChI is InChI=1S/C13H15ClN2O2/c1-7(2)6-16(3)11-5-10-8(4-9(11)14)12(17)13(18)15-10/h4-5,12,17H,1,6H2,2-3H3,(H,15,18). The fourth-order valence-corrected chi connectivity index (χ4v) is 2.35. The molecule has 1 atom stereocenters. The van der Waals surface area contributed by atoms with Gasteiger partial charge in [-0.3, -0.25) is 4.79 Å². The monoisotopic (exact) mass is 266 g/mol. The first-order valence-corrected chi connectivity index (χ1v) is 5.96. The second kappa shape index (κ2) is 4.63. The zero-order valence-electron chi connectivity index (χ0n) is 10.3. The van der Waals surface area contributed by atoms with Crippen LogP contribution in [0.15, 0.2) is 24.3 Å². The molecule has 1 aromatic carbocycles. The molecule has 5 heteroatoms. The number of hydrogen-bond donors (Lipinski definition) is 2. The maximum Gasteiger partial charge on any atom is 0.257 e. The van der Waals surface area contributed by atoms with E-state index in [1.165, 1.54) is 0 Å². The van der Waals surface area contributed by atoms with Crippen molar-refractivity contribution >= 4 is 28.9 Å². The maximum atomic E-state index is 11.4. The van der Waals surface area contributed by atoms with E-state index in [2.05, 4.69) is 11.9 Å². The molecule has 0 bridgehead atoms. The minimum absolute atomic E-state index is 0.416. The molecule has 0 saturated carbocycles. The van der Waals surface area contributed by atoms with Gasteiger partial charge in [0.15, 0.2) is 6.10 Å². The van der Waals surface area contributed by atoms with Crippen molar-refractivity contribution in [2.75, 3.05) is 23.8 Å². The van der Waals surface area contributed by atoms with Gasteiger partial charge in [0, 0.05) is 24.8 Å². The van der Waals surface area contributed by atoms with Crippen LogP contribution in [-0.2, 0) is 4.79 Å². The number of anilines is 2. The summed E-state index contributed by atoms with van der Waals surface area (Å²) in [5, 5.41) is 12.8. The molecule has 1 unspecified atom stereocenters. The molecule has 0 fully saturated rings. The van der Waals surface area contributed by atoms with E-state index in [0.717, 1.165) is 11.3 Å².